The standard InChI is InChI=1S/C92H62O2/c93-89-59-85(81-53-75(65-33-17-5-18-34-65)47-76(54-81)66-35-19-6-20-36-66)87-57-69(79-49-71(61-25-9-1-10-26-61)45-72(50-79)62-27-11-2-12-28-62)41-43-83(87)91(89)92-84-44-42-70(80-51-73(63-29-13-3-14-30-63)46-74(52-80)64-31-15-4-16-32-64)58-88(84)86(60-90(92)94)82-55-77(67-37-21-7-22-38-67)48-78(56-82)68-39-23-8-24-40-68/h1-60,93-94H. The Morgan fingerprint density at radius 1 is 0.128 bits per heavy atom. The van der Waals surface area contributed by atoms with Gasteiger partial charge in [0, 0.05) is 11.1 Å². The number of hydrogen-bond acceptors (Lipinski definition) is 2. The van der Waals surface area contributed by atoms with Gasteiger partial charge in [-0.2, -0.15) is 0 Å². The van der Waals surface area contributed by atoms with E-state index in [1.165, 1.54) is 0 Å². The molecule has 0 saturated carbocycles. The molecule has 0 saturated heterocycles. The molecule has 16 aromatic carbocycles. The van der Waals surface area contributed by atoms with E-state index in [9.17, 15) is 10.2 Å². The molecule has 0 bridgehead atoms. The second kappa shape index (κ2) is 24.8. The molecule has 16 aromatic rings. The molecule has 2 N–H and O–H groups in total. The first kappa shape index (κ1) is 56.8. The molecule has 16 rings (SSSR count). The van der Waals surface area contributed by atoms with Crippen LogP contribution in [-0.2, 0) is 0 Å². The third-order valence-corrected chi connectivity index (χ3v) is 18.4. The Hall–Kier alpha value is -12.4. The maximum Gasteiger partial charge on any atom is 0.124 e. The summed E-state index contributed by atoms with van der Waals surface area (Å²) in [6, 6.07) is 129. The molecule has 0 aliphatic heterocycles. The van der Waals surface area contributed by atoms with Crippen LogP contribution >= 0.6 is 0 Å². The molecule has 0 spiro atoms. The summed E-state index contributed by atoms with van der Waals surface area (Å²) >= 11 is 0. The Bertz CT molecular complexity index is 4860. The summed E-state index contributed by atoms with van der Waals surface area (Å²) in [5.74, 6) is 0.0981. The van der Waals surface area contributed by atoms with Crippen molar-refractivity contribution in [3.8, 4) is 156 Å². The average molecular weight is 1200 g/mol. The first-order valence-electron chi connectivity index (χ1n) is 32.0. The molecule has 0 fully saturated rings. The lowest BCUT2D eigenvalue weighted by atomic mass is 9.83. The van der Waals surface area contributed by atoms with Crippen LogP contribution in [0, 0.1) is 0 Å². The van der Waals surface area contributed by atoms with Gasteiger partial charge in [-0.15, -0.1) is 0 Å². The van der Waals surface area contributed by atoms with Crippen LogP contribution in [0.5, 0.6) is 11.5 Å². The van der Waals surface area contributed by atoms with E-state index in [2.05, 4.69) is 352 Å². The van der Waals surface area contributed by atoms with Crippen molar-refractivity contribution in [2.45, 2.75) is 0 Å². The maximum atomic E-state index is 13.4. The monoisotopic (exact) mass is 1200 g/mol. The predicted octanol–water partition coefficient (Wildman–Crippen LogP) is 25.1. The molecular formula is C92H62O2. The van der Waals surface area contributed by atoms with Crippen LogP contribution in [0.25, 0.3) is 166 Å². The van der Waals surface area contributed by atoms with Gasteiger partial charge in [-0.1, -0.05) is 267 Å². The number of benzene rings is 16. The Morgan fingerprint density at radius 2 is 0.309 bits per heavy atom. The van der Waals surface area contributed by atoms with E-state index >= 15 is 0 Å². The van der Waals surface area contributed by atoms with Gasteiger partial charge >= 0.3 is 0 Å². The quantitative estimate of drug-likeness (QED) is 0.121. The van der Waals surface area contributed by atoms with Crippen LogP contribution < -0.4 is 0 Å². The lowest BCUT2D eigenvalue weighted by molar-refractivity contribution is 0.470. The third kappa shape index (κ3) is 11.2. The third-order valence-electron chi connectivity index (χ3n) is 18.4. The second-order valence-corrected chi connectivity index (χ2v) is 24.3. The fraction of sp³-hybridized carbons (Fsp3) is 0. The van der Waals surface area contributed by atoms with Gasteiger partial charge in [0.05, 0.1) is 0 Å². The summed E-state index contributed by atoms with van der Waals surface area (Å²) in [4.78, 5) is 0. The van der Waals surface area contributed by atoms with E-state index in [1.54, 1.807) is 0 Å². The SMILES string of the molecule is Oc1cc(-c2cc(-c3ccccc3)cc(-c3ccccc3)c2)c2cc(-c3cc(-c4ccccc4)cc(-c4ccccc4)c3)ccc2c1-c1c(O)cc(-c2cc(-c3ccccc3)cc(-c3ccccc3)c2)c2cc(-c3cc(-c4ccccc4)cc(-c4ccccc4)c3)ccc12. The minimum Gasteiger partial charge on any atom is -0.507 e. The van der Waals surface area contributed by atoms with Crippen molar-refractivity contribution in [1.82, 2.24) is 0 Å². The smallest absolute Gasteiger partial charge is 0.124 e. The minimum atomic E-state index is 0.0491. The van der Waals surface area contributed by atoms with Crippen molar-refractivity contribution in [2.75, 3.05) is 0 Å². The minimum absolute atomic E-state index is 0.0491. The molecule has 2 heteroatoms. The number of phenols is 2. The topological polar surface area (TPSA) is 40.5 Å². The number of hydrogen-bond donors (Lipinski definition) is 2. The molecule has 0 radical (unpaired) electrons. The van der Waals surface area contributed by atoms with E-state index in [0.717, 1.165) is 155 Å². The zero-order valence-electron chi connectivity index (χ0n) is 51.5. The van der Waals surface area contributed by atoms with Gasteiger partial charge in [0.25, 0.3) is 0 Å². The molecule has 0 aromatic heterocycles. The highest BCUT2D eigenvalue weighted by atomic mass is 16.3. The summed E-state index contributed by atoms with van der Waals surface area (Å²) in [6.07, 6.45) is 0. The second-order valence-electron chi connectivity index (χ2n) is 24.3. The van der Waals surface area contributed by atoms with Gasteiger partial charge in [-0.25, -0.2) is 0 Å². The first-order valence-corrected chi connectivity index (χ1v) is 32.0. The number of rotatable bonds is 13. The Balaban J connectivity index is 0.978. The van der Waals surface area contributed by atoms with E-state index in [1.807, 2.05) is 12.1 Å². The van der Waals surface area contributed by atoms with Crippen LogP contribution in [0.4, 0.5) is 0 Å². The zero-order chi connectivity index (χ0) is 62.9. The van der Waals surface area contributed by atoms with Crippen LogP contribution in [0.15, 0.2) is 364 Å². The van der Waals surface area contributed by atoms with Gasteiger partial charge in [0.15, 0.2) is 0 Å². The Labute approximate surface area is 548 Å². The molecule has 0 unspecified atom stereocenters. The Morgan fingerprint density at radius 3 is 0.511 bits per heavy atom. The Kier molecular flexibility index (Phi) is 15.0. The lowest BCUT2D eigenvalue weighted by Gasteiger charge is -2.21. The summed E-state index contributed by atoms with van der Waals surface area (Å²) in [7, 11) is 0. The molecule has 0 amide bonds. The molecule has 2 nitrogen and oxygen atoms in total. The number of fused-ring (bicyclic) bond motifs is 2. The summed E-state index contributed by atoms with van der Waals surface area (Å²) in [5.41, 5.74) is 26.3. The van der Waals surface area contributed by atoms with Crippen molar-refractivity contribution < 1.29 is 10.2 Å². The summed E-state index contributed by atoms with van der Waals surface area (Å²) < 4.78 is 0. The van der Waals surface area contributed by atoms with Crippen molar-refractivity contribution in [3.05, 3.63) is 364 Å². The molecule has 0 aliphatic rings. The maximum absolute atomic E-state index is 13.4. The molecule has 442 valence electrons. The molecular weight excluding hydrogens is 1140 g/mol. The van der Waals surface area contributed by atoms with Gasteiger partial charge in [0.2, 0.25) is 0 Å². The van der Waals surface area contributed by atoms with Crippen molar-refractivity contribution in [2.24, 2.45) is 0 Å². The lowest BCUT2D eigenvalue weighted by Crippen LogP contribution is -1.94. The van der Waals surface area contributed by atoms with Crippen molar-refractivity contribution in [3.63, 3.8) is 0 Å². The fourth-order valence-corrected chi connectivity index (χ4v) is 13.7. The van der Waals surface area contributed by atoms with Crippen molar-refractivity contribution >= 4 is 21.5 Å². The van der Waals surface area contributed by atoms with Gasteiger partial charge < -0.3 is 10.2 Å². The average Bonchev–Trinajstić information content (AvgIpc) is 0.732. The molecule has 0 aliphatic carbocycles. The van der Waals surface area contributed by atoms with Crippen LogP contribution in [-0.4, -0.2) is 10.2 Å². The highest BCUT2D eigenvalue weighted by Crippen LogP contribution is 2.52. The predicted molar refractivity (Wildman–Crippen MR) is 395 cm³/mol. The first-order chi connectivity index (χ1) is 46.4. The van der Waals surface area contributed by atoms with Gasteiger partial charge in [-0.3, -0.25) is 0 Å². The van der Waals surface area contributed by atoms with E-state index in [4.69, 9.17) is 0 Å². The van der Waals surface area contributed by atoms with Crippen LogP contribution in [0.3, 0.4) is 0 Å². The van der Waals surface area contributed by atoms with Crippen LogP contribution in [0.2, 0.25) is 0 Å². The van der Waals surface area contributed by atoms with E-state index in [-0.39, 0.29) is 11.5 Å². The number of phenolic OH excluding ortho intramolecular Hbond substituents is 2. The summed E-state index contributed by atoms with van der Waals surface area (Å²) in [6.45, 7) is 0. The van der Waals surface area contributed by atoms with Gasteiger partial charge in [0.1, 0.15) is 11.5 Å². The van der Waals surface area contributed by atoms with Crippen LogP contribution in [0.1, 0.15) is 0 Å². The highest BCUT2D eigenvalue weighted by molar-refractivity contribution is 6.17. The summed E-state index contributed by atoms with van der Waals surface area (Å²) in [5, 5.41) is 30.2. The molecule has 94 heavy (non-hydrogen) atoms. The number of aromatic hydroxyl groups is 2. The molecule has 0 atom stereocenters. The van der Waals surface area contributed by atoms with E-state index < -0.39 is 0 Å². The van der Waals surface area contributed by atoms with Gasteiger partial charge in [-0.05, 0) is 252 Å². The highest BCUT2D eigenvalue weighted by Gasteiger charge is 2.25. The zero-order valence-corrected chi connectivity index (χ0v) is 51.5. The van der Waals surface area contributed by atoms with E-state index in [0.29, 0.717) is 11.1 Å². The normalized spacial score (nSPS) is 11.3. The largest absolute Gasteiger partial charge is 0.507 e. The molecule has 0 heterocycles. The fourth-order valence-electron chi connectivity index (χ4n) is 13.7. The van der Waals surface area contributed by atoms with Crippen molar-refractivity contribution in [1.29, 1.82) is 0 Å².